The van der Waals surface area contributed by atoms with Crippen LogP contribution in [0.1, 0.15) is 34.1 Å². The van der Waals surface area contributed by atoms with E-state index in [2.05, 4.69) is 10.3 Å². The Morgan fingerprint density at radius 2 is 1.90 bits per heavy atom. The van der Waals surface area contributed by atoms with Gasteiger partial charge in [0.1, 0.15) is 11.5 Å². The number of benzene rings is 2. The van der Waals surface area contributed by atoms with Crippen molar-refractivity contribution in [3.05, 3.63) is 89.5 Å². The third-order valence-electron chi connectivity index (χ3n) is 4.96. The van der Waals surface area contributed by atoms with E-state index >= 15 is 0 Å². The molecule has 0 spiro atoms. The second-order valence-corrected chi connectivity index (χ2v) is 6.94. The summed E-state index contributed by atoms with van der Waals surface area (Å²) in [6.45, 7) is 0.310. The second-order valence-electron chi connectivity index (χ2n) is 6.94. The minimum Gasteiger partial charge on any atom is -0.378 e. The Labute approximate surface area is 170 Å². The number of alkyl halides is 3. The predicted octanol–water partition coefficient (Wildman–Crippen LogP) is 5.44. The van der Waals surface area contributed by atoms with Gasteiger partial charge in [-0.1, -0.05) is 12.1 Å². The summed E-state index contributed by atoms with van der Waals surface area (Å²) in [5.74, 6) is -0.808. The van der Waals surface area contributed by atoms with Gasteiger partial charge in [0, 0.05) is 29.7 Å². The summed E-state index contributed by atoms with van der Waals surface area (Å²) in [6, 6.07) is 13.5. The lowest BCUT2D eigenvalue weighted by Crippen LogP contribution is -2.38. The van der Waals surface area contributed by atoms with Crippen molar-refractivity contribution < 1.29 is 22.4 Å². The molecule has 4 nitrogen and oxygen atoms in total. The molecule has 2 aromatic carbocycles. The molecule has 1 aliphatic heterocycles. The number of fused-ring (bicyclic) bond motifs is 1. The van der Waals surface area contributed by atoms with Crippen LogP contribution in [0.25, 0.3) is 0 Å². The number of nitrogens with zero attached hydrogens (tertiary/aromatic N) is 2. The SMILES string of the molecule is O=C(c1ccccn1)N1CCC(Nc2cccc(C(F)(F)F)c2)c2cc(F)ccc21. The minimum absolute atomic E-state index is 0.261. The molecule has 3 aromatic rings. The van der Waals surface area contributed by atoms with Crippen LogP contribution in [0, 0.1) is 5.82 Å². The third-order valence-corrected chi connectivity index (χ3v) is 4.96. The highest BCUT2D eigenvalue weighted by molar-refractivity contribution is 6.05. The van der Waals surface area contributed by atoms with E-state index in [4.69, 9.17) is 0 Å². The molecular formula is C22H17F4N3O. The fourth-order valence-corrected chi connectivity index (χ4v) is 3.56. The lowest BCUT2D eigenvalue weighted by molar-refractivity contribution is -0.137. The van der Waals surface area contributed by atoms with E-state index in [9.17, 15) is 22.4 Å². The maximum absolute atomic E-state index is 14.0. The Balaban J connectivity index is 1.65. The zero-order chi connectivity index (χ0) is 21.3. The van der Waals surface area contributed by atoms with Crippen molar-refractivity contribution in [2.75, 3.05) is 16.8 Å². The number of carbonyl (C=O) groups excluding carboxylic acids is 1. The molecule has 4 rings (SSSR count). The van der Waals surface area contributed by atoms with Gasteiger partial charge in [-0.3, -0.25) is 9.78 Å². The first-order valence-corrected chi connectivity index (χ1v) is 9.29. The number of hydrogen-bond acceptors (Lipinski definition) is 3. The van der Waals surface area contributed by atoms with Gasteiger partial charge in [0.05, 0.1) is 11.6 Å². The van der Waals surface area contributed by atoms with Crippen LogP contribution in [0.4, 0.5) is 28.9 Å². The molecule has 0 saturated carbocycles. The molecule has 0 saturated heterocycles. The summed E-state index contributed by atoms with van der Waals surface area (Å²) in [5.41, 5.74) is 0.770. The van der Waals surface area contributed by atoms with Crippen molar-refractivity contribution >= 4 is 17.3 Å². The molecule has 30 heavy (non-hydrogen) atoms. The number of pyridine rings is 1. The fraction of sp³-hybridized carbons (Fsp3) is 0.182. The van der Waals surface area contributed by atoms with Crippen LogP contribution in [0.2, 0.25) is 0 Å². The van der Waals surface area contributed by atoms with Crippen molar-refractivity contribution in [1.82, 2.24) is 4.98 Å². The smallest absolute Gasteiger partial charge is 0.378 e. The Hall–Kier alpha value is -3.42. The van der Waals surface area contributed by atoms with Crippen molar-refractivity contribution in [3.63, 3.8) is 0 Å². The van der Waals surface area contributed by atoms with Gasteiger partial charge in [-0.2, -0.15) is 13.2 Å². The van der Waals surface area contributed by atoms with Crippen molar-refractivity contribution in [2.24, 2.45) is 0 Å². The predicted molar refractivity (Wildman–Crippen MR) is 105 cm³/mol. The molecule has 1 aromatic heterocycles. The number of rotatable bonds is 3. The summed E-state index contributed by atoms with van der Waals surface area (Å²) in [7, 11) is 0. The van der Waals surface area contributed by atoms with Crippen LogP contribution < -0.4 is 10.2 Å². The van der Waals surface area contributed by atoms with Crippen LogP contribution in [-0.2, 0) is 6.18 Å². The number of aromatic nitrogens is 1. The highest BCUT2D eigenvalue weighted by Gasteiger charge is 2.32. The van der Waals surface area contributed by atoms with Gasteiger partial charge in [-0.05, 0) is 55.0 Å². The van der Waals surface area contributed by atoms with Crippen LogP contribution in [-0.4, -0.2) is 17.4 Å². The van der Waals surface area contributed by atoms with E-state index in [-0.39, 0.29) is 17.3 Å². The Morgan fingerprint density at radius 1 is 1.07 bits per heavy atom. The number of anilines is 2. The molecule has 154 valence electrons. The average molecular weight is 415 g/mol. The van der Waals surface area contributed by atoms with Gasteiger partial charge in [-0.25, -0.2) is 4.39 Å². The highest BCUT2D eigenvalue weighted by Crippen LogP contribution is 2.38. The quantitative estimate of drug-likeness (QED) is 0.579. The van der Waals surface area contributed by atoms with Gasteiger partial charge < -0.3 is 10.2 Å². The molecule has 2 heterocycles. The normalized spacial score (nSPS) is 16.1. The van der Waals surface area contributed by atoms with Crippen molar-refractivity contribution in [1.29, 1.82) is 0 Å². The zero-order valence-corrected chi connectivity index (χ0v) is 15.7. The molecule has 1 N–H and O–H groups in total. The van der Waals surface area contributed by atoms with E-state index in [1.165, 1.54) is 41.4 Å². The summed E-state index contributed by atoms with van der Waals surface area (Å²) in [5, 5.41) is 3.06. The summed E-state index contributed by atoms with van der Waals surface area (Å²) < 4.78 is 53.0. The molecule has 8 heteroatoms. The summed E-state index contributed by atoms with van der Waals surface area (Å²) in [4.78, 5) is 18.5. The minimum atomic E-state index is -4.46. The van der Waals surface area contributed by atoms with Crippen molar-refractivity contribution in [2.45, 2.75) is 18.6 Å². The largest absolute Gasteiger partial charge is 0.416 e. The van der Waals surface area contributed by atoms with Crippen molar-refractivity contribution in [3.8, 4) is 0 Å². The lowest BCUT2D eigenvalue weighted by Gasteiger charge is -2.35. The van der Waals surface area contributed by atoms with E-state index in [1.807, 2.05) is 0 Å². The maximum atomic E-state index is 14.0. The highest BCUT2D eigenvalue weighted by atomic mass is 19.4. The van der Waals surface area contributed by atoms with Gasteiger partial charge in [0.25, 0.3) is 5.91 Å². The molecule has 0 fully saturated rings. The molecule has 1 unspecified atom stereocenters. The summed E-state index contributed by atoms with van der Waals surface area (Å²) >= 11 is 0. The van der Waals surface area contributed by atoms with Crippen LogP contribution >= 0.6 is 0 Å². The summed E-state index contributed by atoms with van der Waals surface area (Å²) in [6.07, 6.45) is -2.55. The standard InChI is InChI=1S/C22H17F4N3O/c23-15-7-8-20-17(13-15)18(28-16-5-3-4-14(12-16)22(24,25)26)9-11-29(20)21(30)19-6-1-2-10-27-19/h1-8,10,12-13,18,28H,9,11H2. The van der Waals surface area contributed by atoms with E-state index in [0.717, 1.165) is 12.1 Å². The average Bonchev–Trinajstić information content (AvgIpc) is 2.74. The zero-order valence-electron chi connectivity index (χ0n) is 15.7. The molecule has 1 aliphatic rings. The number of halogens is 4. The van der Waals surface area contributed by atoms with Gasteiger partial charge in [0.15, 0.2) is 0 Å². The number of carbonyl (C=O) groups is 1. The van der Waals surface area contributed by atoms with Gasteiger partial charge in [-0.15, -0.1) is 0 Å². The van der Waals surface area contributed by atoms with E-state index < -0.39 is 23.6 Å². The van der Waals surface area contributed by atoms with Crippen LogP contribution in [0.3, 0.4) is 0 Å². The molecule has 1 amide bonds. The van der Waals surface area contributed by atoms with Crippen LogP contribution in [0.5, 0.6) is 0 Å². The van der Waals surface area contributed by atoms with Gasteiger partial charge in [0.2, 0.25) is 0 Å². The first-order valence-electron chi connectivity index (χ1n) is 9.29. The topological polar surface area (TPSA) is 45.2 Å². The fourth-order valence-electron chi connectivity index (χ4n) is 3.56. The first kappa shape index (κ1) is 19.9. The Kier molecular flexibility index (Phi) is 5.15. The number of hydrogen-bond donors (Lipinski definition) is 1. The lowest BCUT2D eigenvalue weighted by atomic mass is 9.95. The Morgan fingerprint density at radius 3 is 2.63 bits per heavy atom. The first-order chi connectivity index (χ1) is 14.3. The molecule has 0 aliphatic carbocycles. The molecule has 0 radical (unpaired) electrons. The maximum Gasteiger partial charge on any atom is 0.416 e. The molecule has 1 atom stereocenters. The van der Waals surface area contributed by atoms with E-state index in [1.54, 1.807) is 18.2 Å². The Bertz CT molecular complexity index is 1070. The van der Waals surface area contributed by atoms with Gasteiger partial charge >= 0.3 is 6.18 Å². The second kappa shape index (κ2) is 7.78. The monoisotopic (exact) mass is 415 g/mol. The van der Waals surface area contributed by atoms with Crippen LogP contribution in [0.15, 0.2) is 66.9 Å². The molecular weight excluding hydrogens is 398 g/mol. The van der Waals surface area contributed by atoms with E-state index in [0.29, 0.717) is 24.2 Å². The number of amides is 1. The third kappa shape index (κ3) is 3.98. The molecule has 0 bridgehead atoms. The number of nitrogens with one attached hydrogen (secondary N) is 1.